The van der Waals surface area contributed by atoms with E-state index in [1.165, 1.54) is 10.5 Å². The lowest BCUT2D eigenvalue weighted by Crippen LogP contribution is -2.12. The first kappa shape index (κ1) is 21.2. The Kier molecular flexibility index (Phi) is 7.64. The molecule has 1 nitrogen and oxygen atoms in total. The molecule has 0 aromatic heterocycles. The van der Waals surface area contributed by atoms with Crippen LogP contribution in [0.2, 0.25) is 0 Å². The molecule has 0 radical (unpaired) electrons. The molecule has 0 N–H and O–H groups in total. The molecule has 0 unspecified atom stereocenters. The summed E-state index contributed by atoms with van der Waals surface area (Å²) in [6.07, 6.45) is 4.60. The smallest absolute Gasteiger partial charge is 0.141 e. The van der Waals surface area contributed by atoms with Crippen molar-refractivity contribution in [3.8, 4) is 23.8 Å². The fourth-order valence-electron chi connectivity index (χ4n) is 2.08. The van der Waals surface area contributed by atoms with Crippen molar-refractivity contribution in [2.75, 3.05) is 0 Å². The number of terminal acetylenes is 1. The van der Waals surface area contributed by atoms with Gasteiger partial charge in [-0.2, -0.15) is 0 Å². The zero-order valence-corrected chi connectivity index (χ0v) is 17.3. The maximum atomic E-state index is 6.17. The van der Waals surface area contributed by atoms with Gasteiger partial charge in [-0.15, -0.1) is 24.1 Å². The maximum Gasteiger partial charge on any atom is 0.141 e. The highest BCUT2D eigenvalue weighted by molar-refractivity contribution is 8.00. The molecule has 0 aliphatic carbocycles. The summed E-state index contributed by atoms with van der Waals surface area (Å²) >= 11 is 1.84. The van der Waals surface area contributed by atoms with E-state index in [1.807, 2.05) is 42.1 Å². The molecule has 0 aliphatic heterocycles. The van der Waals surface area contributed by atoms with Crippen LogP contribution in [0.25, 0.3) is 0 Å². The zero-order chi connectivity index (χ0) is 19.1. The highest BCUT2D eigenvalue weighted by Crippen LogP contribution is 2.41. The first-order chi connectivity index (χ1) is 11.6. The summed E-state index contributed by atoms with van der Waals surface area (Å²) in [7, 11) is 0. The number of thioether (sulfide) groups is 1. The van der Waals surface area contributed by atoms with Crippen molar-refractivity contribution in [2.45, 2.75) is 63.5 Å². The second-order valence-corrected chi connectivity index (χ2v) is 9.70. The quantitative estimate of drug-likeness (QED) is 0.422. The van der Waals surface area contributed by atoms with Crippen LogP contribution in [0.15, 0.2) is 53.4 Å². The van der Waals surface area contributed by atoms with E-state index in [9.17, 15) is 0 Å². The third kappa shape index (κ3) is 7.71. The molecule has 2 aromatic carbocycles. The van der Waals surface area contributed by atoms with E-state index in [4.69, 9.17) is 4.74 Å². The summed E-state index contributed by atoms with van der Waals surface area (Å²) in [6, 6.07) is 16.6. The standard InChI is InChI=1S/C20H26OS.C3H4/c1-19(2,3)15-12-13-18(22-20(4,5)6)17(14-15)21-16-10-8-7-9-11-16;1-3-2/h7-14H,1-6H3;1H,2H3. The normalized spacial score (nSPS) is 11.1. The average Bonchev–Trinajstić information content (AvgIpc) is 2.48. The van der Waals surface area contributed by atoms with Crippen molar-refractivity contribution in [1.82, 2.24) is 0 Å². The van der Waals surface area contributed by atoms with Crippen molar-refractivity contribution in [1.29, 1.82) is 0 Å². The summed E-state index contributed by atoms with van der Waals surface area (Å²) in [4.78, 5) is 1.18. The predicted molar refractivity (Wildman–Crippen MR) is 112 cm³/mol. The lowest BCUT2D eigenvalue weighted by Gasteiger charge is -2.24. The van der Waals surface area contributed by atoms with Crippen LogP contribution >= 0.6 is 11.8 Å². The van der Waals surface area contributed by atoms with Crippen LogP contribution in [-0.2, 0) is 5.41 Å². The summed E-state index contributed by atoms with van der Waals surface area (Å²) in [5, 5.41) is 0. The van der Waals surface area contributed by atoms with E-state index >= 15 is 0 Å². The van der Waals surface area contributed by atoms with Gasteiger partial charge in [0, 0.05) is 4.75 Å². The fraction of sp³-hybridized carbons (Fsp3) is 0.391. The van der Waals surface area contributed by atoms with Crippen molar-refractivity contribution < 1.29 is 4.74 Å². The monoisotopic (exact) mass is 354 g/mol. The Bertz CT molecular complexity index is 698. The van der Waals surface area contributed by atoms with E-state index in [2.05, 4.69) is 72.1 Å². The van der Waals surface area contributed by atoms with E-state index in [0.29, 0.717) is 0 Å². The van der Waals surface area contributed by atoms with E-state index < -0.39 is 0 Å². The minimum Gasteiger partial charge on any atom is -0.456 e. The Morgan fingerprint density at radius 2 is 1.48 bits per heavy atom. The van der Waals surface area contributed by atoms with Crippen LogP contribution in [-0.4, -0.2) is 4.75 Å². The van der Waals surface area contributed by atoms with Gasteiger partial charge < -0.3 is 4.74 Å². The van der Waals surface area contributed by atoms with E-state index in [0.717, 1.165) is 11.5 Å². The van der Waals surface area contributed by atoms with Crippen LogP contribution in [0.4, 0.5) is 0 Å². The molecular formula is C23H30OS. The van der Waals surface area contributed by atoms with Crippen LogP contribution in [0.3, 0.4) is 0 Å². The van der Waals surface area contributed by atoms with Gasteiger partial charge in [-0.25, -0.2) is 0 Å². The van der Waals surface area contributed by atoms with Gasteiger partial charge in [0.25, 0.3) is 0 Å². The zero-order valence-electron chi connectivity index (χ0n) is 16.5. The SMILES string of the molecule is C#CC.CC(C)(C)Sc1ccc(C(C)(C)C)cc1Oc1ccccc1. The topological polar surface area (TPSA) is 9.23 Å². The number of benzene rings is 2. The average molecular weight is 355 g/mol. The molecule has 0 heterocycles. The summed E-state index contributed by atoms with van der Waals surface area (Å²) in [5.41, 5.74) is 1.40. The van der Waals surface area contributed by atoms with Crippen LogP contribution < -0.4 is 4.74 Å². The Morgan fingerprint density at radius 1 is 0.920 bits per heavy atom. The van der Waals surface area contributed by atoms with Crippen molar-refractivity contribution >= 4 is 11.8 Å². The number of para-hydroxylation sites is 1. The lowest BCUT2D eigenvalue weighted by molar-refractivity contribution is 0.466. The number of hydrogen-bond acceptors (Lipinski definition) is 2. The predicted octanol–water partition coefficient (Wildman–Crippen LogP) is 7.31. The highest BCUT2D eigenvalue weighted by Gasteiger charge is 2.20. The van der Waals surface area contributed by atoms with E-state index in [-0.39, 0.29) is 10.2 Å². The summed E-state index contributed by atoms with van der Waals surface area (Å²) in [6.45, 7) is 15.0. The molecule has 0 aliphatic rings. The fourth-order valence-corrected chi connectivity index (χ4v) is 3.08. The number of hydrogen-bond donors (Lipinski definition) is 0. The molecule has 2 rings (SSSR count). The molecule has 0 atom stereocenters. The highest BCUT2D eigenvalue weighted by atomic mass is 32.2. The lowest BCUT2D eigenvalue weighted by atomic mass is 9.87. The molecule has 134 valence electrons. The minimum atomic E-state index is 0.111. The van der Waals surface area contributed by atoms with Crippen molar-refractivity contribution in [3.63, 3.8) is 0 Å². The number of ether oxygens (including phenoxy) is 1. The van der Waals surface area contributed by atoms with Crippen LogP contribution in [0.1, 0.15) is 54.0 Å². The Labute approximate surface area is 158 Å². The Morgan fingerprint density at radius 3 is 1.96 bits per heavy atom. The maximum absolute atomic E-state index is 6.17. The van der Waals surface area contributed by atoms with Gasteiger partial charge in [0.2, 0.25) is 0 Å². The summed E-state index contributed by atoms with van der Waals surface area (Å²) in [5.74, 6) is 4.07. The Balaban J connectivity index is 0.000000970. The minimum absolute atomic E-state index is 0.111. The largest absolute Gasteiger partial charge is 0.456 e. The van der Waals surface area contributed by atoms with Gasteiger partial charge in [0.05, 0.1) is 4.90 Å². The molecule has 0 spiro atoms. The van der Waals surface area contributed by atoms with Gasteiger partial charge in [-0.3, -0.25) is 0 Å². The Hall–Kier alpha value is -1.85. The first-order valence-electron chi connectivity index (χ1n) is 8.50. The summed E-state index contributed by atoms with van der Waals surface area (Å²) < 4.78 is 6.32. The molecule has 0 amide bonds. The third-order valence-corrected chi connectivity index (χ3v) is 4.37. The molecule has 2 heteroatoms. The molecule has 0 fully saturated rings. The van der Waals surface area contributed by atoms with Crippen LogP contribution in [0, 0.1) is 12.3 Å². The van der Waals surface area contributed by atoms with Gasteiger partial charge in [0.15, 0.2) is 0 Å². The molecular weight excluding hydrogens is 324 g/mol. The third-order valence-electron chi connectivity index (χ3n) is 3.20. The van der Waals surface area contributed by atoms with Crippen molar-refractivity contribution in [3.05, 3.63) is 54.1 Å². The molecule has 25 heavy (non-hydrogen) atoms. The van der Waals surface area contributed by atoms with Gasteiger partial charge >= 0.3 is 0 Å². The number of rotatable bonds is 3. The molecule has 0 saturated heterocycles. The second-order valence-electron chi connectivity index (χ2n) is 7.83. The second kappa shape index (κ2) is 9.02. The van der Waals surface area contributed by atoms with Gasteiger partial charge in [-0.05, 0) is 42.2 Å². The van der Waals surface area contributed by atoms with Gasteiger partial charge in [0.1, 0.15) is 11.5 Å². The van der Waals surface area contributed by atoms with Crippen LogP contribution in [0.5, 0.6) is 11.5 Å². The molecule has 0 saturated carbocycles. The van der Waals surface area contributed by atoms with E-state index in [1.54, 1.807) is 6.92 Å². The first-order valence-corrected chi connectivity index (χ1v) is 9.32. The van der Waals surface area contributed by atoms with Crippen molar-refractivity contribution in [2.24, 2.45) is 0 Å². The molecule has 0 bridgehead atoms. The molecule has 2 aromatic rings. The van der Waals surface area contributed by atoms with Gasteiger partial charge in [-0.1, -0.05) is 65.8 Å².